The van der Waals surface area contributed by atoms with Crippen LogP contribution in [0.5, 0.6) is 0 Å². The van der Waals surface area contributed by atoms with Crippen molar-refractivity contribution in [2.24, 2.45) is 0 Å². The zero-order valence-electron chi connectivity index (χ0n) is 14.9. The molecule has 7 heteroatoms. The van der Waals surface area contributed by atoms with Gasteiger partial charge in [-0.15, -0.1) is 0 Å². The minimum absolute atomic E-state index is 0.135. The van der Waals surface area contributed by atoms with Gasteiger partial charge in [-0.3, -0.25) is 0 Å². The molecular weight excluding hydrogens is 389 g/mol. The van der Waals surface area contributed by atoms with E-state index in [1.54, 1.807) is 12.5 Å². The summed E-state index contributed by atoms with van der Waals surface area (Å²) >= 11 is 13.6. The minimum Gasteiger partial charge on any atom is -0.366 e. The average molecular weight is 410 g/mol. The molecule has 0 aliphatic rings. The summed E-state index contributed by atoms with van der Waals surface area (Å²) < 4.78 is 12.3. The van der Waals surface area contributed by atoms with Gasteiger partial charge in [0.1, 0.15) is 6.10 Å². The Labute approximate surface area is 167 Å². The van der Waals surface area contributed by atoms with Gasteiger partial charge < -0.3 is 9.30 Å². The second kappa shape index (κ2) is 8.09. The first kappa shape index (κ1) is 19.4. The van der Waals surface area contributed by atoms with Crippen LogP contribution in [0.4, 0.5) is 0 Å². The fraction of sp³-hybridized carbons (Fsp3) is 0.368. The van der Waals surface area contributed by atoms with Gasteiger partial charge in [-0.05, 0) is 28.1 Å². The lowest BCUT2D eigenvalue weighted by molar-refractivity contribution is 0.0303. The van der Waals surface area contributed by atoms with Gasteiger partial charge in [0.15, 0.2) is 5.15 Å². The maximum atomic E-state index is 6.31. The summed E-state index contributed by atoms with van der Waals surface area (Å²) in [5, 5.41) is 0.783. The van der Waals surface area contributed by atoms with Crippen LogP contribution in [0.25, 0.3) is 0 Å². The first-order valence-corrected chi connectivity index (χ1v) is 9.85. The molecule has 0 amide bonds. The Morgan fingerprint density at radius 3 is 2.46 bits per heavy atom. The molecule has 0 aliphatic carbocycles. The Bertz CT molecular complexity index is 839. The van der Waals surface area contributed by atoms with E-state index in [0.717, 1.165) is 10.4 Å². The lowest BCUT2D eigenvalue weighted by Gasteiger charge is -2.20. The first-order chi connectivity index (χ1) is 12.3. The maximum Gasteiger partial charge on any atom is 0.161 e. The second-order valence-electron chi connectivity index (χ2n) is 7.16. The molecule has 2 heterocycles. The molecule has 0 radical (unpaired) electrons. The number of ether oxygens (including phenoxy) is 1. The zero-order chi connectivity index (χ0) is 18.7. The molecule has 0 aliphatic heterocycles. The van der Waals surface area contributed by atoms with E-state index in [4.69, 9.17) is 27.9 Å². The number of aromatic nitrogens is 3. The molecule has 138 valence electrons. The first-order valence-electron chi connectivity index (χ1n) is 8.32. The molecule has 4 nitrogen and oxygen atoms in total. The predicted octanol–water partition coefficient (Wildman–Crippen LogP) is 5.90. The molecule has 0 fully saturated rings. The molecule has 26 heavy (non-hydrogen) atoms. The van der Waals surface area contributed by atoms with Crippen LogP contribution in [-0.2, 0) is 23.3 Å². The fourth-order valence-corrected chi connectivity index (χ4v) is 3.85. The minimum atomic E-state index is -0.246. The molecule has 3 rings (SSSR count). The number of hydrogen-bond acceptors (Lipinski definition) is 4. The molecule has 0 N–H and O–H groups in total. The number of hydrogen-bond donors (Lipinski definition) is 0. The van der Waals surface area contributed by atoms with E-state index in [9.17, 15) is 0 Å². The van der Waals surface area contributed by atoms with Crippen molar-refractivity contribution < 1.29 is 4.74 Å². The summed E-state index contributed by atoms with van der Waals surface area (Å²) in [5.41, 5.74) is 2.55. The largest absolute Gasteiger partial charge is 0.366 e. The Balaban J connectivity index is 1.74. The highest BCUT2D eigenvalue weighted by atomic mass is 35.5. The van der Waals surface area contributed by atoms with Crippen LogP contribution in [0.15, 0.2) is 43.0 Å². The van der Waals surface area contributed by atoms with Crippen LogP contribution in [-0.4, -0.2) is 13.9 Å². The summed E-state index contributed by atoms with van der Waals surface area (Å²) in [7, 11) is 0. The van der Waals surface area contributed by atoms with Gasteiger partial charge in [0.2, 0.25) is 0 Å². The van der Waals surface area contributed by atoms with Gasteiger partial charge in [-0.2, -0.15) is 4.37 Å². The number of rotatable bonds is 6. The van der Waals surface area contributed by atoms with Crippen LogP contribution in [0.2, 0.25) is 10.2 Å². The highest BCUT2D eigenvalue weighted by Crippen LogP contribution is 2.36. The summed E-state index contributed by atoms with van der Waals surface area (Å²) in [4.78, 5) is 4.91. The lowest BCUT2D eigenvalue weighted by Crippen LogP contribution is -2.12. The Morgan fingerprint density at radius 2 is 1.92 bits per heavy atom. The normalized spacial score (nSPS) is 13.1. The third-order valence-electron chi connectivity index (χ3n) is 4.12. The maximum absolute atomic E-state index is 6.31. The number of benzene rings is 1. The van der Waals surface area contributed by atoms with Crippen LogP contribution < -0.4 is 0 Å². The number of imidazole rings is 1. The standard InChI is InChI=1S/C19H21Cl2N3OS/c1-19(2,3)14-6-4-13(5-7-14)11-25-15(10-24-9-8-22-12-24)17-16(20)18(21)23-26-17/h4-9,12,15H,10-11H2,1-3H3/t15-/m1/s1. The third kappa shape index (κ3) is 4.65. The van der Waals surface area contributed by atoms with Crippen molar-refractivity contribution in [2.45, 2.75) is 45.4 Å². The van der Waals surface area contributed by atoms with E-state index in [1.807, 2.05) is 10.8 Å². The highest BCUT2D eigenvalue weighted by Gasteiger charge is 2.22. The smallest absolute Gasteiger partial charge is 0.161 e. The van der Waals surface area contributed by atoms with Crippen molar-refractivity contribution in [3.8, 4) is 0 Å². The predicted molar refractivity (Wildman–Crippen MR) is 107 cm³/mol. The van der Waals surface area contributed by atoms with Crippen LogP contribution in [0.1, 0.15) is 42.9 Å². The molecule has 0 saturated carbocycles. The molecule has 1 atom stereocenters. The van der Waals surface area contributed by atoms with E-state index < -0.39 is 0 Å². The van der Waals surface area contributed by atoms with Gasteiger partial charge in [0, 0.05) is 12.4 Å². The number of halogens is 2. The topological polar surface area (TPSA) is 39.9 Å². The Kier molecular flexibility index (Phi) is 6.03. The molecule has 0 unspecified atom stereocenters. The van der Waals surface area contributed by atoms with Crippen molar-refractivity contribution in [3.05, 3.63) is 69.2 Å². The van der Waals surface area contributed by atoms with Gasteiger partial charge in [0.25, 0.3) is 0 Å². The van der Waals surface area contributed by atoms with Gasteiger partial charge in [-0.1, -0.05) is 68.2 Å². The summed E-state index contributed by atoms with van der Waals surface area (Å²) in [6.45, 7) is 7.69. The van der Waals surface area contributed by atoms with Crippen molar-refractivity contribution in [3.63, 3.8) is 0 Å². The van der Waals surface area contributed by atoms with Crippen LogP contribution >= 0.6 is 34.7 Å². The Morgan fingerprint density at radius 1 is 1.19 bits per heavy atom. The van der Waals surface area contributed by atoms with Crippen molar-refractivity contribution in [2.75, 3.05) is 0 Å². The van der Waals surface area contributed by atoms with E-state index in [2.05, 4.69) is 54.4 Å². The molecule has 0 spiro atoms. The highest BCUT2D eigenvalue weighted by molar-refractivity contribution is 7.07. The van der Waals surface area contributed by atoms with E-state index in [1.165, 1.54) is 17.1 Å². The molecule has 3 aromatic rings. The monoisotopic (exact) mass is 409 g/mol. The average Bonchev–Trinajstić information content (AvgIpc) is 3.22. The molecular formula is C19H21Cl2N3OS. The molecule has 2 aromatic heterocycles. The SMILES string of the molecule is CC(C)(C)c1ccc(CO[C@H](Cn2ccnc2)c2snc(Cl)c2Cl)cc1. The second-order valence-corrected chi connectivity index (χ2v) is 8.70. The summed E-state index contributed by atoms with van der Waals surface area (Å²) in [6, 6.07) is 8.52. The van der Waals surface area contributed by atoms with Crippen molar-refractivity contribution in [1.29, 1.82) is 0 Å². The van der Waals surface area contributed by atoms with Crippen molar-refractivity contribution >= 4 is 34.7 Å². The zero-order valence-corrected chi connectivity index (χ0v) is 17.3. The van der Waals surface area contributed by atoms with Crippen LogP contribution in [0, 0.1) is 0 Å². The van der Waals surface area contributed by atoms with Crippen molar-refractivity contribution in [1.82, 2.24) is 13.9 Å². The Hall–Kier alpha value is -1.40. The molecule has 0 bridgehead atoms. The summed E-state index contributed by atoms with van der Waals surface area (Å²) in [5.74, 6) is 0. The lowest BCUT2D eigenvalue weighted by atomic mass is 9.87. The van der Waals surface area contributed by atoms with E-state index >= 15 is 0 Å². The summed E-state index contributed by atoms with van der Waals surface area (Å²) in [6.07, 6.45) is 5.14. The quantitative estimate of drug-likeness (QED) is 0.508. The molecule has 1 aromatic carbocycles. The molecule has 0 saturated heterocycles. The van der Waals surface area contributed by atoms with Gasteiger partial charge in [-0.25, -0.2) is 4.98 Å². The van der Waals surface area contributed by atoms with Crippen LogP contribution in [0.3, 0.4) is 0 Å². The fourth-order valence-electron chi connectivity index (χ4n) is 2.57. The van der Waals surface area contributed by atoms with Gasteiger partial charge >= 0.3 is 0 Å². The number of nitrogens with zero attached hydrogens (tertiary/aromatic N) is 3. The van der Waals surface area contributed by atoms with Gasteiger partial charge in [0.05, 0.1) is 29.4 Å². The van der Waals surface area contributed by atoms with E-state index in [-0.39, 0.29) is 11.5 Å². The third-order valence-corrected chi connectivity index (χ3v) is 6.02. The van der Waals surface area contributed by atoms with E-state index in [0.29, 0.717) is 23.3 Å².